The zero-order chi connectivity index (χ0) is 14.9. The van der Waals surface area contributed by atoms with Crippen LogP contribution in [0.4, 0.5) is 4.79 Å². The molecular weight excluding hydrogens is 258 g/mol. The van der Waals surface area contributed by atoms with Gasteiger partial charge in [-0.3, -0.25) is 0 Å². The molecule has 0 aromatic rings. The van der Waals surface area contributed by atoms with E-state index in [1.54, 1.807) is 11.8 Å². The van der Waals surface area contributed by atoms with Gasteiger partial charge in [0.1, 0.15) is 5.54 Å². The van der Waals surface area contributed by atoms with Crippen molar-refractivity contribution in [2.75, 3.05) is 33.2 Å². The summed E-state index contributed by atoms with van der Waals surface area (Å²) in [6.07, 6.45) is 2.29. The molecule has 6 heteroatoms. The topological polar surface area (TPSA) is 64.1 Å². The normalized spacial score (nSPS) is 32.2. The molecule has 0 radical (unpaired) electrons. The third-order valence-corrected chi connectivity index (χ3v) is 4.66. The number of piperidine rings is 1. The van der Waals surface area contributed by atoms with E-state index in [4.69, 9.17) is 0 Å². The molecule has 2 amide bonds. The molecule has 1 N–H and O–H groups in total. The summed E-state index contributed by atoms with van der Waals surface area (Å²) < 4.78 is 0. The zero-order valence-electron chi connectivity index (χ0n) is 12.6. The number of nitrogens with zero attached hydrogens (tertiary/aromatic N) is 3. The van der Waals surface area contributed by atoms with E-state index in [1.807, 2.05) is 18.9 Å². The molecule has 2 saturated heterocycles. The summed E-state index contributed by atoms with van der Waals surface area (Å²) in [4.78, 5) is 29.9. The van der Waals surface area contributed by atoms with Gasteiger partial charge in [0, 0.05) is 32.2 Å². The van der Waals surface area contributed by atoms with E-state index in [2.05, 4.69) is 4.90 Å². The number of carbonyl (C=O) groups excluding carboxylic acids is 1. The maximum atomic E-state index is 12.8. The number of carbonyl (C=O) groups is 2. The van der Waals surface area contributed by atoms with Gasteiger partial charge in [-0.2, -0.15) is 0 Å². The lowest BCUT2D eigenvalue weighted by atomic mass is 9.88. The van der Waals surface area contributed by atoms with E-state index in [9.17, 15) is 14.7 Å². The van der Waals surface area contributed by atoms with Gasteiger partial charge in [-0.05, 0) is 40.2 Å². The van der Waals surface area contributed by atoms with Crippen molar-refractivity contribution in [2.24, 2.45) is 0 Å². The number of amides is 2. The number of rotatable bonds is 1. The first-order valence-electron chi connectivity index (χ1n) is 7.36. The molecule has 0 bridgehead atoms. The maximum Gasteiger partial charge on any atom is 0.329 e. The minimum absolute atomic E-state index is 0.116. The van der Waals surface area contributed by atoms with Crippen LogP contribution in [0, 0.1) is 0 Å². The summed E-state index contributed by atoms with van der Waals surface area (Å²) in [6.45, 7) is 6.59. The van der Waals surface area contributed by atoms with Crippen molar-refractivity contribution in [3.63, 3.8) is 0 Å². The first kappa shape index (κ1) is 15.1. The second kappa shape index (κ2) is 5.60. The van der Waals surface area contributed by atoms with Gasteiger partial charge in [-0.1, -0.05) is 0 Å². The minimum atomic E-state index is -1.06. The Morgan fingerprint density at radius 2 is 1.90 bits per heavy atom. The van der Waals surface area contributed by atoms with Crippen LogP contribution in [0.3, 0.4) is 0 Å². The number of likely N-dealkylation sites (tertiary alicyclic amines) is 1. The predicted octanol–water partition coefficient (Wildman–Crippen LogP) is 1.07. The van der Waals surface area contributed by atoms with Crippen LogP contribution in [0.1, 0.15) is 33.1 Å². The fourth-order valence-corrected chi connectivity index (χ4v) is 3.23. The third-order valence-electron chi connectivity index (χ3n) is 4.66. The number of hydrogen-bond acceptors (Lipinski definition) is 3. The molecule has 2 heterocycles. The SMILES string of the molecule is CC1CN(C)CCN1C(=O)N1CCCCC1(C)C(=O)O. The Labute approximate surface area is 120 Å². The number of hydrogen-bond donors (Lipinski definition) is 1. The number of carboxylic acids is 1. The van der Waals surface area contributed by atoms with Crippen LogP contribution in [0.15, 0.2) is 0 Å². The van der Waals surface area contributed by atoms with E-state index < -0.39 is 11.5 Å². The second-order valence-electron chi connectivity index (χ2n) is 6.27. The number of carboxylic acid groups (broad SMARTS) is 1. The number of likely N-dealkylation sites (N-methyl/N-ethyl adjacent to an activating group) is 1. The smallest absolute Gasteiger partial charge is 0.329 e. The largest absolute Gasteiger partial charge is 0.480 e. The van der Waals surface area contributed by atoms with Crippen LogP contribution >= 0.6 is 0 Å². The van der Waals surface area contributed by atoms with E-state index in [1.165, 1.54) is 0 Å². The molecule has 0 aliphatic carbocycles. The molecule has 2 fully saturated rings. The van der Waals surface area contributed by atoms with E-state index in [0.717, 1.165) is 25.9 Å². The molecule has 0 spiro atoms. The van der Waals surface area contributed by atoms with E-state index in [-0.39, 0.29) is 12.1 Å². The van der Waals surface area contributed by atoms with Gasteiger partial charge in [0.15, 0.2) is 0 Å². The first-order chi connectivity index (χ1) is 9.36. The van der Waals surface area contributed by atoms with Crippen molar-refractivity contribution in [1.82, 2.24) is 14.7 Å². The summed E-state index contributed by atoms with van der Waals surface area (Å²) >= 11 is 0. The second-order valence-corrected chi connectivity index (χ2v) is 6.27. The summed E-state index contributed by atoms with van der Waals surface area (Å²) in [5.41, 5.74) is -1.06. The predicted molar refractivity (Wildman–Crippen MR) is 75.7 cm³/mol. The standard InChI is InChI=1S/C14H25N3O3/c1-11-10-15(3)8-9-16(11)13(20)17-7-5-4-6-14(17,2)12(18)19/h11H,4-10H2,1-3H3,(H,18,19). The van der Waals surface area contributed by atoms with Crippen molar-refractivity contribution in [1.29, 1.82) is 0 Å². The van der Waals surface area contributed by atoms with Gasteiger partial charge in [0.05, 0.1) is 0 Å². The molecule has 114 valence electrons. The lowest BCUT2D eigenvalue weighted by Crippen LogP contribution is -2.64. The Balaban J connectivity index is 2.16. The van der Waals surface area contributed by atoms with Crippen LogP contribution < -0.4 is 0 Å². The third kappa shape index (κ3) is 2.61. The van der Waals surface area contributed by atoms with Crippen LogP contribution in [0.5, 0.6) is 0 Å². The average Bonchev–Trinajstić information content (AvgIpc) is 2.38. The Kier molecular flexibility index (Phi) is 4.22. The molecule has 0 aromatic carbocycles. The van der Waals surface area contributed by atoms with Gasteiger partial charge in [0.25, 0.3) is 0 Å². The van der Waals surface area contributed by atoms with Crippen molar-refractivity contribution in [3.8, 4) is 0 Å². The summed E-state index contributed by atoms with van der Waals surface area (Å²) in [5, 5.41) is 9.50. The molecular formula is C14H25N3O3. The minimum Gasteiger partial charge on any atom is -0.480 e. The fourth-order valence-electron chi connectivity index (χ4n) is 3.23. The zero-order valence-corrected chi connectivity index (χ0v) is 12.6. The highest BCUT2D eigenvalue weighted by atomic mass is 16.4. The molecule has 2 atom stereocenters. The summed E-state index contributed by atoms with van der Waals surface area (Å²) in [6, 6.07) is 0.0106. The highest BCUT2D eigenvalue weighted by Gasteiger charge is 2.46. The van der Waals surface area contributed by atoms with Gasteiger partial charge >= 0.3 is 12.0 Å². The number of urea groups is 1. The van der Waals surface area contributed by atoms with Gasteiger partial charge in [0.2, 0.25) is 0 Å². The van der Waals surface area contributed by atoms with Crippen molar-refractivity contribution >= 4 is 12.0 Å². The Hall–Kier alpha value is -1.30. The summed E-state index contributed by atoms with van der Waals surface area (Å²) in [7, 11) is 2.04. The van der Waals surface area contributed by atoms with Gasteiger partial charge in [-0.25, -0.2) is 9.59 Å². The maximum absolute atomic E-state index is 12.8. The molecule has 20 heavy (non-hydrogen) atoms. The van der Waals surface area contributed by atoms with Crippen molar-refractivity contribution < 1.29 is 14.7 Å². The van der Waals surface area contributed by atoms with Gasteiger partial charge in [-0.15, -0.1) is 0 Å². The van der Waals surface area contributed by atoms with Crippen molar-refractivity contribution in [3.05, 3.63) is 0 Å². The van der Waals surface area contributed by atoms with Gasteiger partial charge < -0.3 is 19.8 Å². The van der Waals surface area contributed by atoms with Crippen LogP contribution in [0.2, 0.25) is 0 Å². The average molecular weight is 283 g/mol. The van der Waals surface area contributed by atoms with E-state index >= 15 is 0 Å². The Morgan fingerprint density at radius 1 is 1.20 bits per heavy atom. The molecule has 0 saturated carbocycles. The monoisotopic (exact) mass is 283 g/mol. The molecule has 0 aromatic heterocycles. The molecule has 2 unspecified atom stereocenters. The lowest BCUT2D eigenvalue weighted by molar-refractivity contribution is -0.151. The molecule has 2 aliphatic rings. The number of piperazine rings is 1. The van der Waals surface area contributed by atoms with Crippen molar-refractivity contribution in [2.45, 2.75) is 44.7 Å². The Morgan fingerprint density at radius 3 is 2.50 bits per heavy atom. The van der Waals surface area contributed by atoms with Crippen LogP contribution in [-0.4, -0.2) is 76.6 Å². The highest BCUT2D eigenvalue weighted by molar-refractivity contribution is 5.86. The first-order valence-corrected chi connectivity index (χ1v) is 7.36. The van der Waals surface area contributed by atoms with Crippen LogP contribution in [-0.2, 0) is 4.79 Å². The van der Waals surface area contributed by atoms with Crippen LogP contribution in [0.25, 0.3) is 0 Å². The quantitative estimate of drug-likeness (QED) is 0.782. The highest BCUT2D eigenvalue weighted by Crippen LogP contribution is 2.30. The lowest BCUT2D eigenvalue weighted by Gasteiger charge is -2.47. The Bertz CT molecular complexity index is 401. The molecule has 6 nitrogen and oxygen atoms in total. The molecule has 2 aliphatic heterocycles. The molecule has 2 rings (SSSR count). The summed E-state index contributed by atoms with van der Waals surface area (Å²) in [5.74, 6) is -0.896. The number of aliphatic carboxylic acids is 1. The fraction of sp³-hybridized carbons (Fsp3) is 0.857. The van der Waals surface area contributed by atoms with E-state index in [0.29, 0.717) is 19.5 Å².